The molecule has 0 aliphatic heterocycles. The van der Waals surface area contributed by atoms with Gasteiger partial charge in [0.05, 0.1) is 0 Å². The van der Waals surface area contributed by atoms with E-state index in [4.69, 9.17) is 4.74 Å². The van der Waals surface area contributed by atoms with Gasteiger partial charge < -0.3 is 15.0 Å². The van der Waals surface area contributed by atoms with Crippen LogP contribution >= 0.6 is 0 Å². The van der Waals surface area contributed by atoms with Crippen molar-refractivity contribution in [3.63, 3.8) is 0 Å². The molecule has 34 heavy (non-hydrogen) atoms. The van der Waals surface area contributed by atoms with Crippen LogP contribution in [0.3, 0.4) is 0 Å². The fourth-order valence-electron chi connectivity index (χ4n) is 3.64. The van der Waals surface area contributed by atoms with Crippen molar-refractivity contribution in [3.8, 4) is 5.75 Å². The topological polar surface area (TPSA) is 58.6 Å². The minimum absolute atomic E-state index is 0.149. The molecule has 0 radical (unpaired) electrons. The van der Waals surface area contributed by atoms with E-state index in [0.717, 1.165) is 16.7 Å². The highest BCUT2D eigenvalue weighted by molar-refractivity contribution is 5.89. The van der Waals surface area contributed by atoms with E-state index in [1.807, 2.05) is 113 Å². The van der Waals surface area contributed by atoms with E-state index in [0.29, 0.717) is 18.7 Å². The van der Waals surface area contributed by atoms with Gasteiger partial charge in [-0.3, -0.25) is 9.59 Å². The van der Waals surface area contributed by atoms with Crippen LogP contribution in [-0.4, -0.2) is 34.9 Å². The van der Waals surface area contributed by atoms with Crippen LogP contribution in [0, 0.1) is 6.92 Å². The Morgan fingerprint density at radius 2 is 1.44 bits per heavy atom. The molecule has 5 heteroatoms. The van der Waals surface area contributed by atoms with Crippen LogP contribution in [0.25, 0.3) is 0 Å². The van der Waals surface area contributed by atoms with Gasteiger partial charge in [-0.1, -0.05) is 78.4 Å². The molecule has 178 valence electrons. The lowest BCUT2D eigenvalue weighted by Crippen LogP contribution is -2.55. The summed E-state index contributed by atoms with van der Waals surface area (Å²) in [5.74, 6) is 0.191. The van der Waals surface area contributed by atoms with Gasteiger partial charge in [-0.15, -0.1) is 0 Å². The highest BCUT2D eigenvalue weighted by atomic mass is 16.5. The molecule has 3 aromatic carbocycles. The molecule has 0 fully saturated rings. The van der Waals surface area contributed by atoms with Gasteiger partial charge >= 0.3 is 0 Å². The number of ether oxygens (including phenoxy) is 1. The zero-order valence-corrected chi connectivity index (χ0v) is 20.5. The maximum atomic E-state index is 13.5. The number of rotatable bonds is 9. The minimum Gasteiger partial charge on any atom is -0.484 e. The first-order valence-corrected chi connectivity index (χ1v) is 11.6. The molecule has 3 rings (SSSR count). The third kappa shape index (κ3) is 7.77. The number of nitrogens with zero attached hydrogens (tertiary/aromatic N) is 1. The maximum absolute atomic E-state index is 13.5. The van der Waals surface area contributed by atoms with Crippen LogP contribution in [0.5, 0.6) is 5.75 Å². The molecule has 0 saturated heterocycles. The van der Waals surface area contributed by atoms with Gasteiger partial charge in [0.15, 0.2) is 6.61 Å². The number of aryl methyl sites for hydroxylation is 1. The quantitative estimate of drug-likeness (QED) is 0.495. The summed E-state index contributed by atoms with van der Waals surface area (Å²) in [6.07, 6.45) is 0.408. The number of carbonyl (C=O) groups is 2. The first kappa shape index (κ1) is 25.0. The van der Waals surface area contributed by atoms with E-state index in [9.17, 15) is 9.59 Å². The molecular formula is C29H34N2O3. The third-order valence-electron chi connectivity index (χ3n) is 5.35. The second-order valence-electron chi connectivity index (χ2n) is 9.55. The Balaban J connectivity index is 1.91. The van der Waals surface area contributed by atoms with Crippen LogP contribution in [-0.2, 0) is 22.6 Å². The first-order chi connectivity index (χ1) is 16.2. The van der Waals surface area contributed by atoms with E-state index in [2.05, 4.69) is 5.32 Å². The molecule has 0 bridgehead atoms. The second kappa shape index (κ2) is 11.5. The number of amides is 2. The van der Waals surface area contributed by atoms with Crippen LogP contribution in [0.1, 0.15) is 37.5 Å². The lowest BCUT2D eigenvalue weighted by Gasteiger charge is -2.33. The molecule has 2 amide bonds. The Labute approximate surface area is 202 Å². The number of hydrogen-bond acceptors (Lipinski definition) is 3. The summed E-state index contributed by atoms with van der Waals surface area (Å²) in [5.41, 5.74) is 2.66. The normalized spacial score (nSPS) is 12.0. The number of hydrogen-bond donors (Lipinski definition) is 1. The Bertz CT molecular complexity index is 1060. The van der Waals surface area contributed by atoms with Crippen molar-refractivity contribution in [2.24, 2.45) is 0 Å². The number of benzene rings is 3. The van der Waals surface area contributed by atoms with E-state index < -0.39 is 11.6 Å². The van der Waals surface area contributed by atoms with Gasteiger partial charge in [-0.05, 0) is 51.0 Å². The molecule has 0 aliphatic rings. The van der Waals surface area contributed by atoms with Crippen LogP contribution in [0.2, 0.25) is 0 Å². The van der Waals surface area contributed by atoms with Crippen LogP contribution in [0.4, 0.5) is 0 Å². The van der Waals surface area contributed by atoms with Gasteiger partial charge in [0.2, 0.25) is 5.91 Å². The van der Waals surface area contributed by atoms with Crippen molar-refractivity contribution in [1.82, 2.24) is 10.2 Å². The van der Waals surface area contributed by atoms with Crippen molar-refractivity contribution in [2.45, 2.75) is 52.2 Å². The molecule has 0 spiro atoms. The van der Waals surface area contributed by atoms with Gasteiger partial charge in [0.1, 0.15) is 11.8 Å². The molecule has 1 N–H and O–H groups in total. The lowest BCUT2D eigenvalue weighted by molar-refractivity contribution is -0.143. The molecule has 0 aliphatic carbocycles. The molecule has 3 aromatic rings. The zero-order valence-electron chi connectivity index (χ0n) is 20.5. The molecule has 0 unspecified atom stereocenters. The minimum atomic E-state index is -0.685. The molecule has 0 saturated carbocycles. The van der Waals surface area contributed by atoms with Gasteiger partial charge in [0.25, 0.3) is 5.91 Å². The number of para-hydroxylation sites is 1. The van der Waals surface area contributed by atoms with Gasteiger partial charge in [0, 0.05) is 18.5 Å². The van der Waals surface area contributed by atoms with E-state index in [-0.39, 0.29) is 18.4 Å². The fourth-order valence-corrected chi connectivity index (χ4v) is 3.64. The predicted molar refractivity (Wildman–Crippen MR) is 135 cm³/mol. The van der Waals surface area contributed by atoms with Crippen molar-refractivity contribution >= 4 is 11.8 Å². The average molecular weight is 459 g/mol. The molecule has 1 atom stereocenters. The Kier molecular flexibility index (Phi) is 8.47. The Hall–Kier alpha value is -3.60. The van der Waals surface area contributed by atoms with Gasteiger partial charge in [-0.2, -0.15) is 0 Å². The summed E-state index contributed by atoms with van der Waals surface area (Å²) in [6, 6.07) is 26.4. The SMILES string of the molecule is Cc1ccc(CN(C(=O)COc2ccccc2)[C@@H](Cc2ccccc2)C(=O)NC(C)(C)C)cc1. The van der Waals surface area contributed by atoms with E-state index in [1.54, 1.807) is 4.90 Å². The Morgan fingerprint density at radius 3 is 2.03 bits per heavy atom. The molecule has 5 nitrogen and oxygen atoms in total. The number of nitrogens with one attached hydrogen (secondary N) is 1. The predicted octanol–water partition coefficient (Wildman–Crippen LogP) is 4.93. The first-order valence-electron chi connectivity index (χ1n) is 11.6. The smallest absolute Gasteiger partial charge is 0.261 e. The average Bonchev–Trinajstić information content (AvgIpc) is 2.81. The molecular weight excluding hydrogens is 424 g/mol. The Morgan fingerprint density at radius 1 is 0.853 bits per heavy atom. The standard InChI is InChI=1S/C29H34N2O3/c1-22-15-17-24(18-16-22)20-31(27(32)21-34-25-13-9-6-10-14-25)26(28(33)30-29(2,3)4)19-23-11-7-5-8-12-23/h5-18,26H,19-21H2,1-4H3,(H,30,33)/t26-/m0/s1. The summed E-state index contributed by atoms with van der Waals surface area (Å²) in [5, 5.41) is 3.07. The summed E-state index contributed by atoms with van der Waals surface area (Å²) in [4.78, 5) is 28.6. The van der Waals surface area contributed by atoms with Gasteiger partial charge in [-0.25, -0.2) is 0 Å². The lowest BCUT2D eigenvalue weighted by atomic mass is 10.0. The fraction of sp³-hybridized carbons (Fsp3) is 0.310. The van der Waals surface area contributed by atoms with Crippen molar-refractivity contribution in [2.75, 3.05) is 6.61 Å². The largest absolute Gasteiger partial charge is 0.484 e. The monoisotopic (exact) mass is 458 g/mol. The highest BCUT2D eigenvalue weighted by Crippen LogP contribution is 2.17. The van der Waals surface area contributed by atoms with Crippen molar-refractivity contribution in [1.29, 1.82) is 0 Å². The maximum Gasteiger partial charge on any atom is 0.261 e. The van der Waals surface area contributed by atoms with E-state index in [1.165, 1.54) is 0 Å². The molecule has 0 heterocycles. The summed E-state index contributed by atoms with van der Waals surface area (Å²) in [7, 11) is 0. The molecule has 0 aromatic heterocycles. The van der Waals surface area contributed by atoms with Crippen molar-refractivity contribution < 1.29 is 14.3 Å². The number of carbonyl (C=O) groups excluding carboxylic acids is 2. The van der Waals surface area contributed by atoms with Crippen LogP contribution in [0.15, 0.2) is 84.9 Å². The van der Waals surface area contributed by atoms with E-state index >= 15 is 0 Å². The second-order valence-corrected chi connectivity index (χ2v) is 9.55. The summed E-state index contributed by atoms with van der Waals surface area (Å²) >= 11 is 0. The summed E-state index contributed by atoms with van der Waals surface area (Å²) < 4.78 is 5.76. The summed E-state index contributed by atoms with van der Waals surface area (Å²) in [6.45, 7) is 8.01. The van der Waals surface area contributed by atoms with Crippen LogP contribution < -0.4 is 10.1 Å². The highest BCUT2D eigenvalue weighted by Gasteiger charge is 2.32. The zero-order chi connectivity index (χ0) is 24.6. The van der Waals surface area contributed by atoms with Crippen molar-refractivity contribution in [3.05, 3.63) is 102 Å². The third-order valence-corrected chi connectivity index (χ3v) is 5.35.